The Hall–Kier alpha value is -1.65. The number of hydrogen-bond acceptors (Lipinski definition) is 7. The van der Waals surface area contributed by atoms with E-state index >= 15 is 0 Å². The normalized spacial score (nSPS) is 21.2. The van der Waals surface area contributed by atoms with Gasteiger partial charge in [0.25, 0.3) is 11.6 Å². The van der Waals surface area contributed by atoms with Gasteiger partial charge in [-0.05, 0) is 64.8 Å². The minimum Gasteiger partial charge on any atom is -0.464 e. The number of rotatable bonds is 9. The number of halogens is 2. The van der Waals surface area contributed by atoms with Crippen molar-refractivity contribution in [3.05, 3.63) is 26.1 Å². The predicted molar refractivity (Wildman–Crippen MR) is 126 cm³/mol. The zero-order valence-electron chi connectivity index (χ0n) is 19.2. The van der Waals surface area contributed by atoms with E-state index < -0.39 is 13.0 Å². The summed E-state index contributed by atoms with van der Waals surface area (Å²) in [5, 5.41) is 4.60. The van der Waals surface area contributed by atoms with Gasteiger partial charge in [-0.3, -0.25) is 9.69 Å². The second-order valence-electron chi connectivity index (χ2n) is 9.07. The molecule has 6 nitrogen and oxygen atoms in total. The van der Waals surface area contributed by atoms with Gasteiger partial charge in [0.1, 0.15) is 0 Å². The third-order valence-electron chi connectivity index (χ3n) is 6.51. The van der Waals surface area contributed by atoms with Crippen LogP contribution < -0.4 is 10.1 Å². The van der Waals surface area contributed by atoms with Crippen LogP contribution in [0.2, 0.25) is 0 Å². The van der Waals surface area contributed by atoms with E-state index in [0.29, 0.717) is 17.5 Å². The van der Waals surface area contributed by atoms with Crippen LogP contribution in [0.25, 0.3) is 0 Å². The van der Waals surface area contributed by atoms with Crippen LogP contribution in [-0.2, 0) is 24.2 Å². The molecule has 3 heterocycles. The summed E-state index contributed by atoms with van der Waals surface area (Å²) in [4.78, 5) is 25.9. The molecule has 1 saturated carbocycles. The molecule has 0 bridgehead atoms. The molecule has 1 amide bonds. The molecule has 10 heteroatoms. The fraction of sp³-hybridized carbons (Fsp3) is 0.696. The van der Waals surface area contributed by atoms with Gasteiger partial charge < -0.3 is 10.1 Å². The topological polar surface area (TPSA) is 67.4 Å². The first kappa shape index (κ1) is 24.5. The smallest absolute Gasteiger partial charge is 0.273 e. The zero-order chi connectivity index (χ0) is 23.4. The van der Waals surface area contributed by atoms with Crippen molar-refractivity contribution in [3.8, 4) is 5.19 Å². The van der Waals surface area contributed by atoms with E-state index in [2.05, 4.69) is 20.2 Å². The third kappa shape index (κ3) is 6.93. The van der Waals surface area contributed by atoms with Crippen LogP contribution in [0, 0.1) is 19.8 Å². The van der Waals surface area contributed by atoms with Gasteiger partial charge in [-0.2, -0.15) is 0 Å². The van der Waals surface area contributed by atoms with E-state index in [1.165, 1.54) is 11.3 Å². The standard InChI is InChI=1S/C23H32F2N4O2S2/c1-14-20(32-15(2)26-14)11-22(30)27-17-5-3-16(4-6-17)7-9-29-10-8-19-18(12-29)28-23(33-19)31-13-21(24)25/h16-17,21H,3-13H2,1-2H3,(H,27,30). The number of ether oxygens (including phenoxy) is 1. The summed E-state index contributed by atoms with van der Waals surface area (Å²) in [7, 11) is 0. The van der Waals surface area contributed by atoms with Gasteiger partial charge in [-0.25, -0.2) is 18.7 Å². The first-order valence-corrected chi connectivity index (χ1v) is 13.3. The monoisotopic (exact) mass is 498 g/mol. The Labute approximate surface area is 201 Å². The van der Waals surface area contributed by atoms with Crippen molar-refractivity contribution in [2.24, 2.45) is 5.92 Å². The predicted octanol–water partition coefficient (Wildman–Crippen LogP) is 4.53. The number of amides is 1. The fourth-order valence-electron chi connectivity index (χ4n) is 4.74. The highest BCUT2D eigenvalue weighted by molar-refractivity contribution is 7.13. The number of nitrogens with zero attached hydrogens (tertiary/aromatic N) is 3. The van der Waals surface area contributed by atoms with E-state index in [-0.39, 0.29) is 11.9 Å². The molecule has 1 N–H and O–H groups in total. The number of carbonyl (C=O) groups is 1. The molecule has 1 fully saturated rings. The second-order valence-corrected chi connectivity index (χ2v) is 11.4. The highest BCUT2D eigenvalue weighted by Crippen LogP contribution is 2.31. The molecular weight excluding hydrogens is 466 g/mol. The second kappa shape index (κ2) is 11.2. The summed E-state index contributed by atoms with van der Waals surface area (Å²) in [6.07, 6.45) is 4.38. The number of fused-ring (bicyclic) bond motifs is 1. The van der Waals surface area contributed by atoms with Crippen molar-refractivity contribution in [1.82, 2.24) is 20.2 Å². The van der Waals surface area contributed by atoms with E-state index in [9.17, 15) is 13.6 Å². The first-order chi connectivity index (χ1) is 15.9. The molecule has 1 aliphatic carbocycles. The third-order valence-corrected chi connectivity index (χ3v) is 8.65. The Bertz CT molecular complexity index is 941. The van der Waals surface area contributed by atoms with Gasteiger partial charge in [0.2, 0.25) is 5.91 Å². The molecule has 1 aliphatic heterocycles. The van der Waals surface area contributed by atoms with Crippen LogP contribution in [0.1, 0.15) is 58.3 Å². The summed E-state index contributed by atoms with van der Waals surface area (Å²) >= 11 is 3.01. The SMILES string of the molecule is Cc1nc(C)c(CC(=O)NC2CCC(CCN3CCc4sc(OCC(F)F)nc4C3)CC2)s1. The first-order valence-electron chi connectivity index (χ1n) is 11.7. The van der Waals surface area contributed by atoms with Crippen LogP contribution >= 0.6 is 22.7 Å². The summed E-state index contributed by atoms with van der Waals surface area (Å²) in [5.74, 6) is 0.792. The summed E-state index contributed by atoms with van der Waals surface area (Å²) in [6, 6.07) is 0.280. The molecule has 0 radical (unpaired) electrons. The van der Waals surface area contributed by atoms with E-state index in [0.717, 1.165) is 84.3 Å². The van der Waals surface area contributed by atoms with E-state index in [4.69, 9.17) is 4.74 Å². The summed E-state index contributed by atoms with van der Waals surface area (Å²) in [5.41, 5.74) is 1.95. The molecule has 2 aliphatic rings. The Morgan fingerprint density at radius 3 is 2.70 bits per heavy atom. The van der Waals surface area contributed by atoms with Crippen LogP contribution in [0.4, 0.5) is 8.78 Å². The van der Waals surface area contributed by atoms with Crippen LogP contribution in [0.15, 0.2) is 0 Å². The maximum Gasteiger partial charge on any atom is 0.273 e. The maximum atomic E-state index is 12.4. The van der Waals surface area contributed by atoms with Crippen LogP contribution in [0.5, 0.6) is 5.19 Å². The minimum absolute atomic E-state index is 0.106. The number of thiazole rings is 2. The Balaban J connectivity index is 1.15. The van der Waals surface area contributed by atoms with Crippen molar-refractivity contribution < 1.29 is 18.3 Å². The van der Waals surface area contributed by atoms with Crippen LogP contribution in [-0.4, -0.2) is 52.9 Å². The van der Waals surface area contributed by atoms with Gasteiger partial charge in [-0.15, -0.1) is 11.3 Å². The molecule has 182 valence electrons. The van der Waals surface area contributed by atoms with Gasteiger partial charge in [-0.1, -0.05) is 11.3 Å². The molecular formula is C23H32F2N4O2S2. The Morgan fingerprint density at radius 2 is 2.00 bits per heavy atom. The Kier molecular flexibility index (Phi) is 8.29. The maximum absolute atomic E-state index is 12.4. The summed E-state index contributed by atoms with van der Waals surface area (Å²) < 4.78 is 29.8. The largest absolute Gasteiger partial charge is 0.464 e. The van der Waals surface area contributed by atoms with Gasteiger partial charge in [0.05, 0.1) is 22.8 Å². The number of nitrogens with one attached hydrogen (secondary N) is 1. The number of aryl methyl sites for hydroxylation is 2. The lowest BCUT2D eigenvalue weighted by Crippen LogP contribution is -2.39. The van der Waals surface area contributed by atoms with Gasteiger partial charge in [0, 0.05) is 28.9 Å². The highest BCUT2D eigenvalue weighted by atomic mass is 32.1. The lowest BCUT2D eigenvalue weighted by Gasteiger charge is -2.32. The minimum atomic E-state index is -2.47. The zero-order valence-corrected chi connectivity index (χ0v) is 20.9. The quantitative estimate of drug-likeness (QED) is 0.550. The van der Waals surface area contributed by atoms with Crippen molar-refractivity contribution in [2.45, 2.75) is 77.8 Å². The lowest BCUT2D eigenvalue weighted by atomic mass is 9.84. The molecule has 0 saturated heterocycles. The average molecular weight is 499 g/mol. The van der Waals surface area contributed by atoms with Crippen molar-refractivity contribution in [2.75, 3.05) is 19.7 Å². The molecule has 4 rings (SSSR count). The number of aromatic nitrogens is 2. The van der Waals surface area contributed by atoms with Crippen molar-refractivity contribution >= 4 is 28.6 Å². The van der Waals surface area contributed by atoms with E-state index in [1.54, 1.807) is 11.3 Å². The highest BCUT2D eigenvalue weighted by Gasteiger charge is 2.25. The lowest BCUT2D eigenvalue weighted by molar-refractivity contribution is -0.121. The summed E-state index contributed by atoms with van der Waals surface area (Å²) in [6.45, 7) is 6.12. The molecule has 2 aromatic heterocycles. The fourth-order valence-corrected chi connectivity index (χ4v) is 6.59. The average Bonchev–Trinajstić information content (AvgIpc) is 3.32. The molecule has 0 aromatic carbocycles. The van der Waals surface area contributed by atoms with Crippen LogP contribution in [0.3, 0.4) is 0 Å². The van der Waals surface area contributed by atoms with Gasteiger partial charge in [0.15, 0.2) is 6.61 Å². The number of carbonyl (C=O) groups excluding carboxylic acids is 1. The molecule has 0 atom stereocenters. The molecule has 0 spiro atoms. The molecule has 2 aromatic rings. The van der Waals surface area contributed by atoms with Crippen molar-refractivity contribution in [3.63, 3.8) is 0 Å². The van der Waals surface area contributed by atoms with E-state index in [1.807, 2.05) is 13.8 Å². The number of hydrogen-bond donors (Lipinski definition) is 1. The molecule has 0 unspecified atom stereocenters. The number of alkyl halides is 2. The van der Waals surface area contributed by atoms with Gasteiger partial charge >= 0.3 is 0 Å². The van der Waals surface area contributed by atoms with Crippen molar-refractivity contribution in [1.29, 1.82) is 0 Å². The molecule has 33 heavy (non-hydrogen) atoms. The Morgan fingerprint density at radius 1 is 1.21 bits per heavy atom.